The molecule has 1 saturated carbocycles. The van der Waals surface area contributed by atoms with E-state index >= 15 is 0 Å². The number of carbonyl (C=O) groups is 1. The average Bonchev–Trinajstić information content (AvgIpc) is 3.32. The smallest absolute Gasteiger partial charge is 0.248 e. The lowest BCUT2D eigenvalue weighted by Crippen LogP contribution is -2.47. The Hall–Kier alpha value is -3.42. The number of nitrogens with two attached hydrogens (primary N) is 1. The molecule has 5 rings (SSSR count). The van der Waals surface area contributed by atoms with Crippen LogP contribution >= 0.6 is 0 Å². The van der Waals surface area contributed by atoms with Gasteiger partial charge in [0.05, 0.1) is 43.8 Å². The largest absolute Gasteiger partial charge is 0.495 e. The molecular weight excluding hydrogens is 532 g/mol. The second-order valence-corrected chi connectivity index (χ2v) is 11.6. The quantitative estimate of drug-likeness (QED) is 0.313. The monoisotopic (exact) mass is 573 g/mol. The minimum atomic E-state index is -1.88. The van der Waals surface area contributed by atoms with Crippen molar-refractivity contribution in [3.05, 3.63) is 46.1 Å². The number of aromatic nitrogens is 1. The van der Waals surface area contributed by atoms with Crippen LogP contribution in [0, 0.1) is 11.8 Å². The minimum Gasteiger partial charge on any atom is -0.495 e. The van der Waals surface area contributed by atoms with Gasteiger partial charge in [-0.3, -0.25) is 14.1 Å². The van der Waals surface area contributed by atoms with Gasteiger partial charge in [-0.15, -0.1) is 0 Å². The second-order valence-electron chi connectivity index (χ2n) is 11.6. The molecule has 1 unspecified atom stereocenters. The van der Waals surface area contributed by atoms with Crippen LogP contribution in [-0.4, -0.2) is 80.8 Å². The molecule has 0 spiro atoms. The van der Waals surface area contributed by atoms with Gasteiger partial charge in [0.2, 0.25) is 5.91 Å². The molecule has 3 aliphatic rings. The van der Waals surface area contributed by atoms with Crippen LogP contribution in [0.5, 0.6) is 5.75 Å². The standard InChI is InChI=1S/C32H41BFN5O3/c1-32(33,34)21-39-25(5-4-14-36-28-13-8-22(31(35)40)19-30(28)41-2)20-26-27(6-3-7-29(26)39)37-23-9-11-24(12-10-23)38-15-17-42-18-16-38/h7-8,13,19-20,23-24,36-37H,3,6,9-12,14-18,21H2,1-2H3,(H2,35,40). The summed E-state index contributed by atoms with van der Waals surface area (Å²) >= 11 is 0. The second kappa shape index (κ2) is 13.3. The van der Waals surface area contributed by atoms with Gasteiger partial charge in [0, 0.05) is 53.5 Å². The number of morpholine rings is 1. The predicted molar refractivity (Wildman–Crippen MR) is 165 cm³/mol. The van der Waals surface area contributed by atoms with Crippen LogP contribution in [0.2, 0.25) is 0 Å². The number of benzene rings is 1. The van der Waals surface area contributed by atoms with E-state index in [0.717, 1.165) is 68.2 Å². The van der Waals surface area contributed by atoms with E-state index in [1.165, 1.54) is 32.6 Å². The number of carbonyl (C=O) groups excluding carboxylic acids is 1. The molecule has 2 radical (unpaired) electrons. The summed E-state index contributed by atoms with van der Waals surface area (Å²) in [6.07, 6.45) is 8.63. The number of anilines is 1. The Morgan fingerprint density at radius 2 is 2.00 bits per heavy atom. The summed E-state index contributed by atoms with van der Waals surface area (Å²) < 4.78 is 27.6. The van der Waals surface area contributed by atoms with E-state index in [2.05, 4.69) is 39.5 Å². The lowest BCUT2D eigenvalue weighted by atomic mass is 9.85. The van der Waals surface area contributed by atoms with E-state index in [0.29, 0.717) is 35.6 Å². The van der Waals surface area contributed by atoms with Crippen LogP contribution in [0.4, 0.5) is 10.1 Å². The average molecular weight is 574 g/mol. The number of alkyl halides is 1. The maximum atomic E-state index is 14.7. The Morgan fingerprint density at radius 1 is 1.24 bits per heavy atom. The van der Waals surface area contributed by atoms with E-state index in [4.69, 9.17) is 23.1 Å². The van der Waals surface area contributed by atoms with Gasteiger partial charge < -0.3 is 30.4 Å². The zero-order chi connectivity index (χ0) is 29.7. The number of hydrogen-bond acceptors (Lipinski definition) is 6. The molecule has 0 bridgehead atoms. The van der Waals surface area contributed by atoms with Gasteiger partial charge in [0.15, 0.2) is 0 Å². The third-order valence-corrected chi connectivity index (χ3v) is 8.37. The molecular formula is C32H41BFN5O3. The molecule has 1 aliphatic heterocycles. The highest BCUT2D eigenvalue weighted by Gasteiger charge is 2.28. The van der Waals surface area contributed by atoms with Gasteiger partial charge in [-0.2, -0.15) is 0 Å². The van der Waals surface area contributed by atoms with Crippen LogP contribution in [0.1, 0.15) is 61.5 Å². The van der Waals surface area contributed by atoms with E-state index in [1.807, 2.05) is 4.57 Å². The van der Waals surface area contributed by atoms with Gasteiger partial charge in [-0.1, -0.05) is 12.0 Å². The molecule has 10 heteroatoms. The summed E-state index contributed by atoms with van der Waals surface area (Å²) in [4.78, 5) is 14.1. The van der Waals surface area contributed by atoms with Crippen LogP contribution in [0.3, 0.4) is 0 Å². The van der Waals surface area contributed by atoms with Gasteiger partial charge in [-0.05, 0) is 75.6 Å². The predicted octanol–water partition coefficient (Wildman–Crippen LogP) is 1.83. The van der Waals surface area contributed by atoms with Gasteiger partial charge in [0.1, 0.15) is 13.6 Å². The lowest BCUT2D eigenvalue weighted by Gasteiger charge is -2.39. The first-order valence-electron chi connectivity index (χ1n) is 14.9. The zero-order valence-corrected chi connectivity index (χ0v) is 24.7. The van der Waals surface area contributed by atoms with Gasteiger partial charge in [0.25, 0.3) is 0 Å². The molecule has 1 atom stereocenters. The topological polar surface area (TPSA) is 93.8 Å². The molecule has 1 amide bonds. The fraction of sp³-hybridized carbons (Fsp3) is 0.531. The van der Waals surface area contributed by atoms with E-state index < -0.39 is 11.5 Å². The van der Waals surface area contributed by atoms with E-state index in [1.54, 1.807) is 18.2 Å². The zero-order valence-electron chi connectivity index (χ0n) is 24.7. The molecule has 42 heavy (non-hydrogen) atoms. The fourth-order valence-corrected chi connectivity index (χ4v) is 6.29. The molecule has 1 saturated heterocycles. The maximum Gasteiger partial charge on any atom is 0.248 e. The summed E-state index contributed by atoms with van der Waals surface area (Å²) in [7, 11) is 7.37. The number of fused-ring (bicyclic) bond motifs is 1. The molecule has 2 fully saturated rings. The molecule has 4 N–H and O–H groups in total. The Labute approximate surface area is 248 Å². The number of nitrogens with one attached hydrogen (secondary N) is 2. The number of nitrogens with zero attached hydrogens (tertiary/aromatic N) is 2. The van der Waals surface area contributed by atoms with Crippen LogP contribution in [0.15, 0.2) is 24.3 Å². The lowest BCUT2D eigenvalue weighted by molar-refractivity contribution is 0.00694. The molecule has 2 aliphatic carbocycles. The van der Waals surface area contributed by atoms with Crippen molar-refractivity contribution in [2.75, 3.05) is 45.3 Å². The van der Waals surface area contributed by atoms with Crippen molar-refractivity contribution in [2.24, 2.45) is 5.73 Å². The number of methoxy groups -OCH3 is 1. The number of rotatable bonds is 9. The highest BCUT2D eigenvalue weighted by atomic mass is 19.1. The van der Waals surface area contributed by atoms with E-state index in [-0.39, 0.29) is 6.54 Å². The Morgan fingerprint density at radius 3 is 2.69 bits per heavy atom. The molecule has 8 nitrogen and oxygen atoms in total. The van der Waals surface area contributed by atoms with Crippen molar-refractivity contribution in [3.8, 4) is 17.6 Å². The summed E-state index contributed by atoms with van der Waals surface area (Å²) in [6, 6.07) is 8.11. The third-order valence-electron chi connectivity index (χ3n) is 8.37. The Balaban J connectivity index is 1.33. The first-order chi connectivity index (χ1) is 20.2. The van der Waals surface area contributed by atoms with Crippen molar-refractivity contribution in [3.63, 3.8) is 0 Å². The van der Waals surface area contributed by atoms with Gasteiger partial charge >= 0.3 is 0 Å². The van der Waals surface area contributed by atoms with Gasteiger partial charge in [-0.25, -0.2) is 0 Å². The number of ether oxygens (including phenoxy) is 2. The van der Waals surface area contributed by atoms with Crippen LogP contribution in [-0.2, 0) is 11.3 Å². The maximum absolute atomic E-state index is 14.7. The number of hydrogen-bond donors (Lipinski definition) is 3. The van der Waals surface area contributed by atoms with Crippen molar-refractivity contribution in [2.45, 2.75) is 69.6 Å². The SMILES string of the molecule is [B]C(C)(F)Cn1c(C#CCNc2ccc(C(N)=O)cc2OC)cc2c1=CCCC=2NC1CCC(N2CCOCC2)CC1. The number of amides is 1. The molecule has 2 aromatic rings. The highest BCUT2D eigenvalue weighted by molar-refractivity contribution is 6.14. The first kappa shape index (κ1) is 30.1. The third kappa shape index (κ3) is 7.31. The first-order valence-corrected chi connectivity index (χ1v) is 14.9. The Bertz CT molecular complexity index is 1460. The van der Waals surface area contributed by atoms with Crippen LogP contribution in [0.25, 0.3) is 11.8 Å². The van der Waals surface area contributed by atoms with Crippen molar-refractivity contribution >= 4 is 31.2 Å². The highest BCUT2D eigenvalue weighted by Crippen LogP contribution is 2.26. The van der Waals surface area contributed by atoms with E-state index in [9.17, 15) is 9.18 Å². The number of halogens is 1. The number of primary amides is 1. The van der Waals surface area contributed by atoms with Crippen molar-refractivity contribution in [1.82, 2.24) is 14.8 Å². The summed E-state index contributed by atoms with van der Waals surface area (Å²) in [5.74, 6) is 6.37. The molecule has 2 heterocycles. The van der Waals surface area contributed by atoms with Crippen LogP contribution < -0.4 is 31.7 Å². The summed E-state index contributed by atoms with van der Waals surface area (Å²) in [6.45, 7) is 5.48. The summed E-state index contributed by atoms with van der Waals surface area (Å²) in [5.41, 5.74) is 6.49. The summed E-state index contributed by atoms with van der Waals surface area (Å²) in [5, 5.41) is 9.15. The minimum absolute atomic E-state index is 0.0105. The molecule has 222 valence electrons. The van der Waals surface area contributed by atoms with Crippen molar-refractivity contribution in [1.29, 1.82) is 0 Å². The molecule has 1 aromatic carbocycles. The normalized spacial score (nSPS) is 22.1. The van der Waals surface area contributed by atoms with Crippen molar-refractivity contribution < 1.29 is 18.7 Å². The fourth-order valence-electron chi connectivity index (χ4n) is 6.29. The Kier molecular flexibility index (Phi) is 9.49. The molecule has 1 aromatic heterocycles.